The van der Waals surface area contributed by atoms with Gasteiger partial charge in [-0.3, -0.25) is 4.98 Å². The molecule has 0 amide bonds. The topological polar surface area (TPSA) is 42.7 Å². The Hall–Kier alpha value is -1.68. The summed E-state index contributed by atoms with van der Waals surface area (Å²) < 4.78 is 2.07. The van der Waals surface area contributed by atoms with Gasteiger partial charge in [0.1, 0.15) is 5.82 Å². The number of imidazole rings is 1. The molecule has 0 aliphatic heterocycles. The van der Waals surface area contributed by atoms with Gasteiger partial charge in [0, 0.05) is 31.8 Å². The van der Waals surface area contributed by atoms with Crippen molar-refractivity contribution >= 4 is 0 Å². The normalized spacial score (nSPS) is 12.6. The van der Waals surface area contributed by atoms with Crippen LogP contribution in [0.25, 0.3) is 0 Å². The largest absolute Gasteiger partial charge is 0.337 e. The molecule has 0 aliphatic rings. The van der Waals surface area contributed by atoms with Crippen molar-refractivity contribution in [1.29, 1.82) is 0 Å². The molecule has 0 saturated carbocycles. The molecule has 1 unspecified atom stereocenters. The van der Waals surface area contributed by atoms with Gasteiger partial charge in [0.05, 0.1) is 6.04 Å². The first-order chi connectivity index (χ1) is 8.81. The van der Waals surface area contributed by atoms with Gasteiger partial charge in [-0.15, -0.1) is 0 Å². The van der Waals surface area contributed by atoms with E-state index in [1.54, 1.807) is 6.20 Å². The van der Waals surface area contributed by atoms with E-state index in [-0.39, 0.29) is 6.04 Å². The molecule has 4 heteroatoms. The number of aryl methyl sites for hydroxylation is 1. The van der Waals surface area contributed by atoms with E-state index < -0.39 is 0 Å². The van der Waals surface area contributed by atoms with Crippen LogP contribution >= 0.6 is 0 Å². The number of nitrogens with zero attached hydrogens (tertiary/aromatic N) is 3. The zero-order chi connectivity index (χ0) is 12.8. The van der Waals surface area contributed by atoms with Crippen molar-refractivity contribution in [3.05, 3.63) is 48.3 Å². The van der Waals surface area contributed by atoms with Crippen molar-refractivity contribution in [3.8, 4) is 0 Å². The summed E-state index contributed by atoms with van der Waals surface area (Å²) in [7, 11) is 2.03. The molecule has 0 aliphatic carbocycles. The van der Waals surface area contributed by atoms with Gasteiger partial charge in [-0.25, -0.2) is 4.98 Å². The quantitative estimate of drug-likeness (QED) is 0.846. The number of nitrogens with one attached hydrogen (secondary N) is 1. The van der Waals surface area contributed by atoms with Crippen LogP contribution in [0.4, 0.5) is 0 Å². The molecule has 4 nitrogen and oxygen atoms in total. The average molecular weight is 244 g/mol. The Morgan fingerprint density at radius 1 is 1.39 bits per heavy atom. The minimum atomic E-state index is 0.245. The lowest BCUT2D eigenvalue weighted by Gasteiger charge is -2.18. The average Bonchev–Trinajstić information content (AvgIpc) is 2.82. The van der Waals surface area contributed by atoms with Crippen LogP contribution in [-0.4, -0.2) is 21.1 Å². The molecule has 0 saturated heterocycles. The molecule has 2 heterocycles. The maximum absolute atomic E-state index is 4.45. The van der Waals surface area contributed by atoms with Crippen molar-refractivity contribution in [3.63, 3.8) is 0 Å². The third kappa shape index (κ3) is 3.17. The van der Waals surface area contributed by atoms with Crippen molar-refractivity contribution in [2.24, 2.45) is 7.05 Å². The van der Waals surface area contributed by atoms with E-state index in [0.29, 0.717) is 0 Å². The summed E-state index contributed by atoms with van der Waals surface area (Å²) in [6.45, 7) is 3.17. The highest BCUT2D eigenvalue weighted by Crippen LogP contribution is 2.15. The van der Waals surface area contributed by atoms with Gasteiger partial charge < -0.3 is 9.88 Å². The number of hydrogen-bond acceptors (Lipinski definition) is 3. The first-order valence-electron chi connectivity index (χ1n) is 6.40. The highest BCUT2D eigenvalue weighted by molar-refractivity contribution is 5.13. The molecular weight excluding hydrogens is 224 g/mol. The fourth-order valence-electron chi connectivity index (χ4n) is 2.04. The van der Waals surface area contributed by atoms with Crippen LogP contribution in [-0.2, 0) is 13.5 Å². The Balaban J connectivity index is 2.13. The Bertz CT molecular complexity index is 464. The second-order valence-electron chi connectivity index (χ2n) is 4.47. The lowest BCUT2D eigenvalue weighted by atomic mass is 10.1. The van der Waals surface area contributed by atoms with Crippen molar-refractivity contribution in [2.45, 2.75) is 25.8 Å². The number of rotatable bonds is 6. The van der Waals surface area contributed by atoms with E-state index >= 15 is 0 Å². The summed E-state index contributed by atoms with van der Waals surface area (Å²) in [5.41, 5.74) is 1.23. The first-order valence-corrected chi connectivity index (χ1v) is 6.40. The highest BCUT2D eigenvalue weighted by Gasteiger charge is 2.15. The second-order valence-corrected chi connectivity index (χ2v) is 4.47. The summed E-state index contributed by atoms with van der Waals surface area (Å²) in [5, 5.41) is 3.55. The molecule has 18 heavy (non-hydrogen) atoms. The molecule has 96 valence electrons. The fourth-order valence-corrected chi connectivity index (χ4v) is 2.04. The third-order valence-electron chi connectivity index (χ3n) is 2.97. The van der Waals surface area contributed by atoms with Crippen LogP contribution in [0.2, 0.25) is 0 Å². The van der Waals surface area contributed by atoms with Crippen LogP contribution in [0.3, 0.4) is 0 Å². The van der Waals surface area contributed by atoms with E-state index in [1.165, 1.54) is 5.56 Å². The Kier molecular flexibility index (Phi) is 4.47. The Morgan fingerprint density at radius 2 is 2.28 bits per heavy atom. The number of aromatic nitrogens is 3. The molecule has 2 rings (SSSR count). The zero-order valence-electron chi connectivity index (χ0n) is 11.0. The zero-order valence-corrected chi connectivity index (χ0v) is 11.0. The van der Waals surface area contributed by atoms with Gasteiger partial charge >= 0.3 is 0 Å². The van der Waals surface area contributed by atoms with Crippen molar-refractivity contribution in [2.75, 3.05) is 6.54 Å². The van der Waals surface area contributed by atoms with Gasteiger partial charge in [0.15, 0.2) is 0 Å². The molecule has 2 aromatic rings. The van der Waals surface area contributed by atoms with E-state index in [9.17, 15) is 0 Å². The summed E-state index contributed by atoms with van der Waals surface area (Å²) in [5.74, 6) is 1.08. The van der Waals surface area contributed by atoms with Crippen LogP contribution < -0.4 is 5.32 Å². The minimum Gasteiger partial charge on any atom is -0.337 e. The monoisotopic (exact) mass is 244 g/mol. The smallest absolute Gasteiger partial charge is 0.125 e. The molecule has 0 spiro atoms. The molecule has 1 atom stereocenters. The molecule has 1 N–H and O–H groups in total. The molecule has 0 radical (unpaired) electrons. The molecule has 0 aromatic carbocycles. The number of pyridine rings is 1. The van der Waals surface area contributed by atoms with Crippen LogP contribution in [0.5, 0.6) is 0 Å². The third-order valence-corrected chi connectivity index (χ3v) is 2.97. The summed E-state index contributed by atoms with van der Waals surface area (Å²) in [4.78, 5) is 8.61. The maximum Gasteiger partial charge on any atom is 0.125 e. The van der Waals surface area contributed by atoms with Crippen LogP contribution in [0.15, 0.2) is 36.9 Å². The van der Waals surface area contributed by atoms with Crippen LogP contribution in [0.1, 0.15) is 30.8 Å². The van der Waals surface area contributed by atoms with Gasteiger partial charge in [-0.1, -0.05) is 13.0 Å². The second kappa shape index (κ2) is 6.31. The van der Waals surface area contributed by atoms with Crippen molar-refractivity contribution < 1.29 is 0 Å². The van der Waals surface area contributed by atoms with E-state index in [4.69, 9.17) is 0 Å². The maximum atomic E-state index is 4.45. The summed E-state index contributed by atoms with van der Waals surface area (Å²) in [6, 6.07) is 4.33. The minimum absolute atomic E-state index is 0.245. The summed E-state index contributed by atoms with van der Waals surface area (Å²) in [6.07, 6.45) is 9.59. The van der Waals surface area contributed by atoms with E-state index in [0.717, 1.165) is 25.2 Å². The predicted octanol–water partition coefficient (Wildman–Crippen LogP) is 2.10. The van der Waals surface area contributed by atoms with Gasteiger partial charge in [-0.2, -0.15) is 0 Å². The molecule has 0 fully saturated rings. The van der Waals surface area contributed by atoms with E-state index in [2.05, 4.69) is 32.8 Å². The molecule has 0 bridgehead atoms. The Labute approximate surface area is 108 Å². The molecule has 2 aromatic heterocycles. The fraction of sp³-hybridized carbons (Fsp3) is 0.429. The Morgan fingerprint density at radius 3 is 2.89 bits per heavy atom. The molecular formula is C14H20N4. The van der Waals surface area contributed by atoms with Gasteiger partial charge in [0.25, 0.3) is 0 Å². The SMILES string of the molecule is CCCNC(Cc1cccnc1)c1nccn1C. The standard InChI is InChI=1S/C14H20N4/c1-3-6-16-13(14-17-8-9-18(14)2)10-12-5-4-7-15-11-12/h4-5,7-9,11,13,16H,3,6,10H2,1-2H3. The summed E-state index contributed by atoms with van der Waals surface area (Å²) >= 11 is 0. The van der Waals surface area contributed by atoms with Crippen molar-refractivity contribution in [1.82, 2.24) is 19.9 Å². The van der Waals surface area contributed by atoms with Gasteiger partial charge in [-0.05, 0) is 31.0 Å². The highest BCUT2D eigenvalue weighted by atomic mass is 15.1. The number of hydrogen-bond donors (Lipinski definition) is 1. The van der Waals surface area contributed by atoms with Gasteiger partial charge in [0.2, 0.25) is 0 Å². The lowest BCUT2D eigenvalue weighted by molar-refractivity contribution is 0.491. The predicted molar refractivity (Wildman–Crippen MR) is 72.2 cm³/mol. The van der Waals surface area contributed by atoms with E-state index in [1.807, 2.05) is 31.7 Å². The first kappa shape index (κ1) is 12.8. The lowest BCUT2D eigenvalue weighted by Crippen LogP contribution is -2.26. The van der Waals surface area contributed by atoms with Crippen LogP contribution in [0, 0.1) is 0 Å².